The highest BCUT2D eigenvalue weighted by atomic mass is 16.6. The van der Waals surface area contributed by atoms with Crippen molar-refractivity contribution in [2.45, 2.75) is 51.3 Å². The zero-order chi connectivity index (χ0) is 13.8. The molecule has 1 aliphatic heterocycles. The van der Waals surface area contributed by atoms with Crippen molar-refractivity contribution in [2.75, 3.05) is 6.54 Å². The molecule has 0 aliphatic carbocycles. The Kier molecular flexibility index (Phi) is 4.26. The third-order valence-electron chi connectivity index (χ3n) is 2.32. The Morgan fingerprint density at radius 1 is 1.28 bits per heavy atom. The average molecular weight is 257 g/mol. The minimum Gasteiger partial charge on any atom is -0.481 e. The number of nitrogens with zero attached hydrogens (tertiary/aromatic N) is 2. The summed E-state index contributed by atoms with van der Waals surface area (Å²) in [7, 11) is 0. The van der Waals surface area contributed by atoms with Gasteiger partial charge in [-0.1, -0.05) is 0 Å². The number of carbonyl (C=O) groups excluding carboxylic acids is 1. The van der Waals surface area contributed by atoms with Gasteiger partial charge in [0.15, 0.2) is 5.66 Å². The van der Waals surface area contributed by atoms with Crippen LogP contribution in [0.2, 0.25) is 0 Å². The van der Waals surface area contributed by atoms with E-state index in [1.54, 1.807) is 20.8 Å². The summed E-state index contributed by atoms with van der Waals surface area (Å²) in [4.78, 5) is 21.8. The first-order valence-corrected chi connectivity index (χ1v) is 5.85. The number of ether oxygens (including phenoxy) is 1. The molecule has 1 rings (SSSR count). The zero-order valence-electron chi connectivity index (χ0n) is 10.9. The van der Waals surface area contributed by atoms with Crippen LogP contribution in [-0.4, -0.2) is 35.0 Å². The van der Waals surface area contributed by atoms with E-state index in [0.717, 1.165) is 0 Å². The predicted molar refractivity (Wildman–Crippen MR) is 63.3 cm³/mol. The summed E-state index contributed by atoms with van der Waals surface area (Å²) in [6.07, 6.45) is 0.411. The average Bonchev–Trinajstić information content (AvgIpc) is 2.93. The first kappa shape index (κ1) is 14.4. The van der Waals surface area contributed by atoms with Gasteiger partial charge in [0.2, 0.25) is 0 Å². The summed E-state index contributed by atoms with van der Waals surface area (Å²) >= 11 is 0. The molecule has 0 fully saturated rings. The molecule has 0 atom stereocenters. The fourth-order valence-corrected chi connectivity index (χ4v) is 1.38. The van der Waals surface area contributed by atoms with Crippen LogP contribution in [0.15, 0.2) is 10.2 Å². The SMILES string of the molecule is CC(C)(C)OC(=O)NCCC1(CCC(=O)O)N=N1. The topological polar surface area (TPSA) is 100 Å². The van der Waals surface area contributed by atoms with E-state index < -0.39 is 23.3 Å². The molecular weight excluding hydrogens is 238 g/mol. The normalized spacial score (nSPS) is 16.2. The minimum atomic E-state index is -0.869. The molecule has 0 aromatic carbocycles. The molecule has 0 saturated heterocycles. The Morgan fingerprint density at radius 3 is 2.33 bits per heavy atom. The molecule has 0 aromatic heterocycles. The quantitative estimate of drug-likeness (QED) is 0.759. The van der Waals surface area contributed by atoms with Crippen LogP contribution < -0.4 is 5.32 Å². The van der Waals surface area contributed by atoms with E-state index in [4.69, 9.17) is 9.84 Å². The van der Waals surface area contributed by atoms with Crippen LogP contribution in [-0.2, 0) is 9.53 Å². The van der Waals surface area contributed by atoms with Gasteiger partial charge >= 0.3 is 12.1 Å². The first-order valence-electron chi connectivity index (χ1n) is 5.85. The fourth-order valence-electron chi connectivity index (χ4n) is 1.38. The van der Waals surface area contributed by atoms with Gasteiger partial charge in [-0.25, -0.2) is 4.79 Å². The number of nitrogens with one attached hydrogen (secondary N) is 1. The van der Waals surface area contributed by atoms with Gasteiger partial charge in [-0.3, -0.25) is 4.79 Å². The number of carbonyl (C=O) groups is 2. The van der Waals surface area contributed by atoms with Crippen molar-refractivity contribution < 1.29 is 19.4 Å². The van der Waals surface area contributed by atoms with E-state index in [1.807, 2.05) is 0 Å². The molecule has 7 heteroatoms. The summed E-state index contributed by atoms with van der Waals surface area (Å²) in [5, 5.41) is 18.9. The molecule has 0 bridgehead atoms. The Labute approximate surface area is 106 Å². The van der Waals surface area contributed by atoms with Gasteiger partial charge in [-0.05, 0) is 20.8 Å². The van der Waals surface area contributed by atoms with Gasteiger partial charge in [0.25, 0.3) is 0 Å². The van der Waals surface area contributed by atoms with Crippen LogP contribution in [0.3, 0.4) is 0 Å². The summed E-state index contributed by atoms with van der Waals surface area (Å²) in [5.74, 6) is -0.869. The molecule has 102 valence electrons. The van der Waals surface area contributed by atoms with Crippen molar-refractivity contribution in [1.29, 1.82) is 0 Å². The van der Waals surface area contributed by atoms with Crippen LogP contribution in [0.1, 0.15) is 40.0 Å². The lowest BCUT2D eigenvalue weighted by Gasteiger charge is -2.20. The molecule has 0 unspecified atom stereocenters. The Morgan fingerprint density at radius 2 is 1.89 bits per heavy atom. The molecular formula is C11H19N3O4. The molecule has 1 heterocycles. The number of alkyl carbamates (subject to hydrolysis) is 1. The second kappa shape index (κ2) is 5.32. The van der Waals surface area contributed by atoms with Gasteiger partial charge in [-0.2, -0.15) is 10.2 Å². The number of hydrogen-bond acceptors (Lipinski definition) is 5. The minimum absolute atomic E-state index is 0.0272. The Bertz CT molecular complexity index is 354. The first-order chi connectivity index (χ1) is 8.22. The van der Waals surface area contributed by atoms with E-state index in [0.29, 0.717) is 19.4 Å². The van der Waals surface area contributed by atoms with E-state index in [2.05, 4.69) is 15.5 Å². The maximum atomic E-state index is 11.3. The van der Waals surface area contributed by atoms with Gasteiger partial charge in [0, 0.05) is 25.8 Å². The van der Waals surface area contributed by atoms with E-state index >= 15 is 0 Å². The molecule has 0 aromatic rings. The standard InChI is InChI=1S/C11H19N3O4/c1-10(2,3)18-9(17)12-7-6-11(13-14-11)5-4-8(15)16/h4-7H2,1-3H3,(H,12,17)(H,15,16). The highest BCUT2D eigenvalue weighted by Crippen LogP contribution is 2.36. The van der Waals surface area contributed by atoms with Crippen molar-refractivity contribution in [3.63, 3.8) is 0 Å². The number of carboxylic acid groups (broad SMARTS) is 1. The lowest BCUT2D eigenvalue weighted by Crippen LogP contribution is -2.34. The summed E-state index contributed by atoms with van der Waals surface area (Å²) in [6.45, 7) is 5.72. The number of carboxylic acids is 1. The van der Waals surface area contributed by atoms with Crippen molar-refractivity contribution in [1.82, 2.24) is 5.32 Å². The van der Waals surface area contributed by atoms with Gasteiger partial charge in [0.1, 0.15) is 5.60 Å². The van der Waals surface area contributed by atoms with Gasteiger partial charge in [-0.15, -0.1) is 0 Å². The molecule has 0 saturated carbocycles. The van der Waals surface area contributed by atoms with E-state index in [9.17, 15) is 9.59 Å². The number of amides is 1. The second-order valence-electron chi connectivity index (χ2n) is 5.25. The third kappa shape index (κ3) is 5.60. The van der Waals surface area contributed by atoms with Crippen molar-refractivity contribution in [2.24, 2.45) is 10.2 Å². The second-order valence-corrected chi connectivity index (χ2v) is 5.25. The van der Waals surface area contributed by atoms with E-state index in [-0.39, 0.29) is 6.42 Å². The maximum Gasteiger partial charge on any atom is 0.407 e. The maximum absolute atomic E-state index is 11.3. The highest BCUT2D eigenvalue weighted by molar-refractivity contribution is 5.67. The van der Waals surface area contributed by atoms with Crippen LogP contribution in [0.25, 0.3) is 0 Å². The summed E-state index contributed by atoms with van der Waals surface area (Å²) < 4.78 is 5.07. The Balaban J connectivity index is 2.18. The number of hydrogen-bond donors (Lipinski definition) is 2. The van der Waals surface area contributed by atoms with Crippen molar-refractivity contribution >= 4 is 12.1 Å². The largest absolute Gasteiger partial charge is 0.481 e. The van der Waals surface area contributed by atoms with Crippen LogP contribution >= 0.6 is 0 Å². The zero-order valence-corrected chi connectivity index (χ0v) is 10.9. The molecule has 1 aliphatic rings. The van der Waals surface area contributed by atoms with Crippen molar-refractivity contribution in [3.05, 3.63) is 0 Å². The molecule has 0 spiro atoms. The third-order valence-corrected chi connectivity index (χ3v) is 2.32. The fraction of sp³-hybridized carbons (Fsp3) is 0.818. The van der Waals surface area contributed by atoms with Gasteiger partial charge < -0.3 is 15.2 Å². The Hall–Kier alpha value is -1.66. The van der Waals surface area contributed by atoms with Crippen molar-refractivity contribution in [3.8, 4) is 0 Å². The van der Waals surface area contributed by atoms with E-state index in [1.165, 1.54) is 0 Å². The summed E-state index contributed by atoms with van der Waals surface area (Å²) in [5.41, 5.74) is -1.13. The number of rotatable bonds is 6. The molecule has 1 amide bonds. The van der Waals surface area contributed by atoms with Crippen LogP contribution in [0, 0.1) is 0 Å². The highest BCUT2D eigenvalue weighted by Gasteiger charge is 2.39. The predicted octanol–water partition coefficient (Wildman–Crippen LogP) is 1.93. The molecule has 18 heavy (non-hydrogen) atoms. The molecule has 2 N–H and O–H groups in total. The summed E-state index contributed by atoms with van der Waals surface area (Å²) in [6, 6.07) is 0. The monoisotopic (exact) mass is 257 g/mol. The van der Waals surface area contributed by atoms with Crippen LogP contribution in [0.4, 0.5) is 4.79 Å². The lowest BCUT2D eigenvalue weighted by molar-refractivity contribution is -0.137. The molecule has 7 nitrogen and oxygen atoms in total. The smallest absolute Gasteiger partial charge is 0.407 e. The molecule has 0 radical (unpaired) electrons. The lowest BCUT2D eigenvalue weighted by atomic mass is 10.0. The van der Waals surface area contributed by atoms with Crippen LogP contribution in [0.5, 0.6) is 0 Å². The number of aliphatic carboxylic acids is 1. The van der Waals surface area contributed by atoms with Gasteiger partial charge in [0.05, 0.1) is 0 Å².